The van der Waals surface area contributed by atoms with Gasteiger partial charge in [0.05, 0.1) is 16.4 Å². The molecule has 232 valence electrons. The van der Waals surface area contributed by atoms with E-state index in [1.165, 1.54) is 16.4 Å². The van der Waals surface area contributed by atoms with Crippen molar-refractivity contribution < 1.29 is 28.0 Å². The lowest BCUT2D eigenvalue weighted by molar-refractivity contribution is -0.384. The summed E-state index contributed by atoms with van der Waals surface area (Å²) in [5.41, 5.74) is 1.73. The summed E-state index contributed by atoms with van der Waals surface area (Å²) < 4.78 is 33.2. The lowest BCUT2D eigenvalue weighted by atomic mass is 9.97. The van der Waals surface area contributed by atoms with Crippen molar-refractivity contribution in [2.45, 2.75) is 42.7 Å². The van der Waals surface area contributed by atoms with Crippen LogP contribution in [0.4, 0.5) is 10.5 Å². The summed E-state index contributed by atoms with van der Waals surface area (Å²) in [6.07, 6.45) is 1.70. The number of carbonyl (C=O) groups excluding carboxylic acids is 1. The molecule has 3 aromatic rings. The van der Waals surface area contributed by atoms with Crippen LogP contribution in [-0.4, -0.2) is 91.1 Å². The van der Waals surface area contributed by atoms with Gasteiger partial charge in [0.2, 0.25) is 10.0 Å². The Hall–Kier alpha value is -3.36. The van der Waals surface area contributed by atoms with Gasteiger partial charge in [-0.1, -0.05) is 18.2 Å². The van der Waals surface area contributed by atoms with Gasteiger partial charge in [-0.2, -0.15) is 11.3 Å². The summed E-state index contributed by atoms with van der Waals surface area (Å²) in [4.78, 5) is 27.5. The number of likely N-dealkylation sites (tertiary alicyclic amines) is 1. The number of sulfonamides is 1. The number of nitro groups is 1. The van der Waals surface area contributed by atoms with Crippen molar-refractivity contribution in [1.29, 1.82) is 0 Å². The predicted molar refractivity (Wildman–Crippen MR) is 164 cm³/mol. The van der Waals surface area contributed by atoms with Crippen LogP contribution in [0, 0.1) is 10.1 Å². The minimum atomic E-state index is -3.60. The van der Waals surface area contributed by atoms with Crippen LogP contribution >= 0.6 is 11.3 Å². The predicted octanol–water partition coefficient (Wildman–Crippen LogP) is 4.55. The minimum Gasteiger partial charge on any atom is -0.445 e. The number of aliphatic hydroxyl groups is 1. The molecule has 0 bridgehead atoms. The molecule has 43 heavy (non-hydrogen) atoms. The number of nitrogens with zero attached hydrogens (tertiary/aromatic N) is 4. The van der Waals surface area contributed by atoms with Crippen molar-refractivity contribution in [3.63, 3.8) is 0 Å². The second-order valence-corrected chi connectivity index (χ2v) is 13.4. The van der Waals surface area contributed by atoms with Gasteiger partial charge >= 0.3 is 6.09 Å². The molecule has 13 heteroatoms. The van der Waals surface area contributed by atoms with Gasteiger partial charge in [-0.25, -0.2) is 17.5 Å². The second-order valence-electron chi connectivity index (χ2n) is 10.6. The largest absolute Gasteiger partial charge is 0.445 e. The van der Waals surface area contributed by atoms with Gasteiger partial charge in [-0.05, 0) is 83.9 Å². The third-order valence-electron chi connectivity index (χ3n) is 7.82. The molecule has 0 spiro atoms. The van der Waals surface area contributed by atoms with Gasteiger partial charge in [0.15, 0.2) is 0 Å². The number of ether oxygens (including phenoxy) is 1. The van der Waals surface area contributed by atoms with Gasteiger partial charge in [0.1, 0.15) is 6.61 Å². The van der Waals surface area contributed by atoms with Crippen LogP contribution in [-0.2, 0) is 21.4 Å². The zero-order chi connectivity index (χ0) is 30.8. The van der Waals surface area contributed by atoms with E-state index in [2.05, 4.69) is 16.3 Å². The molecule has 1 aliphatic rings. The van der Waals surface area contributed by atoms with E-state index in [9.17, 15) is 28.4 Å². The highest BCUT2D eigenvalue weighted by Crippen LogP contribution is 2.27. The number of carbonyl (C=O) groups is 1. The van der Waals surface area contributed by atoms with Crippen molar-refractivity contribution in [2.24, 2.45) is 0 Å². The number of rotatable bonds is 14. The molecule has 1 N–H and O–H groups in total. The Morgan fingerprint density at radius 3 is 2.44 bits per heavy atom. The molecule has 1 unspecified atom stereocenters. The van der Waals surface area contributed by atoms with E-state index in [0.29, 0.717) is 12.1 Å². The molecule has 1 aromatic heterocycles. The maximum atomic E-state index is 13.1. The first-order valence-electron chi connectivity index (χ1n) is 14.2. The SMILES string of the molecule is CN(CC(CCN1CCC(N(CCO)C(=O)OCc2ccc([N+](=O)[O-])cc2)CC1)c1ccsc1)S(=O)(=O)c1ccccc1. The van der Waals surface area contributed by atoms with Gasteiger partial charge < -0.3 is 19.6 Å². The maximum Gasteiger partial charge on any atom is 0.410 e. The molecule has 11 nitrogen and oxygen atoms in total. The summed E-state index contributed by atoms with van der Waals surface area (Å²) >= 11 is 1.60. The highest BCUT2D eigenvalue weighted by Gasteiger charge is 2.30. The minimum absolute atomic E-state index is 0.0178. The average Bonchev–Trinajstić information content (AvgIpc) is 3.56. The van der Waals surface area contributed by atoms with Crippen molar-refractivity contribution in [3.8, 4) is 0 Å². The lowest BCUT2D eigenvalue weighted by Gasteiger charge is -2.38. The average molecular weight is 631 g/mol. The highest BCUT2D eigenvalue weighted by molar-refractivity contribution is 7.89. The van der Waals surface area contributed by atoms with Crippen molar-refractivity contribution >= 4 is 33.1 Å². The van der Waals surface area contributed by atoms with Crippen LogP contribution in [0.1, 0.15) is 36.3 Å². The van der Waals surface area contributed by atoms with Crippen LogP contribution < -0.4 is 0 Å². The fourth-order valence-corrected chi connectivity index (χ4v) is 7.30. The molecule has 0 radical (unpaired) electrons. The van der Waals surface area contributed by atoms with Crippen LogP contribution in [0.3, 0.4) is 0 Å². The third kappa shape index (κ3) is 8.83. The summed E-state index contributed by atoms with van der Waals surface area (Å²) in [5, 5.41) is 24.5. The van der Waals surface area contributed by atoms with E-state index in [0.717, 1.165) is 44.5 Å². The van der Waals surface area contributed by atoms with Gasteiger partial charge in [-0.3, -0.25) is 10.1 Å². The molecule has 0 saturated carbocycles. The summed E-state index contributed by atoms with van der Waals surface area (Å²) in [6, 6.07) is 16.3. The summed E-state index contributed by atoms with van der Waals surface area (Å²) in [6.45, 7) is 2.64. The zero-order valence-electron chi connectivity index (χ0n) is 24.2. The van der Waals surface area contributed by atoms with Crippen molar-refractivity contribution in [1.82, 2.24) is 14.1 Å². The van der Waals surface area contributed by atoms with Gasteiger partial charge in [-0.15, -0.1) is 0 Å². The van der Waals surface area contributed by atoms with E-state index in [1.54, 1.807) is 65.7 Å². The molecule has 4 rings (SSSR count). The van der Waals surface area contributed by atoms with Gasteiger partial charge in [0, 0.05) is 51.4 Å². The number of hydrogen-bond donors (Lipinski definition) is 1. The first kappa shape index (κ1) is 32.6. The standard InChI is InChI=1S/C30H38N4O7S2/c1-31(43(39,40)29-5-3-2-4-6-29)21-25(26-14-20-42-23-26)11-15-32-16-12-27(13-17-32)33(18-19-35)30(36)41-22-24-7-9-28(10-8-24)34(37)38/h2-10,14,20,23,25,27,35H,11-13,15-19,21-22H2,1H3. The first-order chi connectivity index (χ1) is 20.7. The topological polar surface area (TPSA) is 134 Å². The zero-order valence-corrected chi connectivity index (χ0v) is 25.8. The maximum absolute atomic E-state index is 13.1. The molecule has 2 heterocycles. The van der Waals surface area contributed by atoms with Crippen LogP contribution in [0.15, 0.2) is 76.3 Å². The Labute approximate surface area is 256 Å². The first-order valence-corrected chi connectivity index (χ1v) is 16.6. The van der Waals surface area contributed by atoms with E-state index < -0.39 is 21.0 Å². The number of likely N-dealkylation sites (N-methyl/N-ethyl adjacent to an activating group) is 1. The number of piperidine rings is 1. The summed E-state index contributed by atoms with van der Waals surface area (Å²) in [7, 11) is -1.97. The number of thiophene rings is 1. The molecule has 0 aliphatic carbocycles. The Bertz CT molecular complexity index is 1410. The Morgan fingerprint density at radius 1 is 1.14 bits per heavy atom. The number of non-ortho nitro benzene ring substituents is 1. The highest BCUT2D eigenvalue weighted by atomic mass is 32.2. The van der Waals surface area contributed by atoms with Gasteiger partial charge in [0.25, 0.3) is 5.69 Å². The number of amides is 1. The molecule has 1 saturated heterocycles. The quantitative estimate of drug-likeness (QED) is 0.203. The fraction of sp³-hybridized carbons (Fsp3) is 0.433. The summed E-state index contributed by atoms with van der Waals surface area (Å²) in [5.74, 6) is 0.0350. The lowest BCUT2D eigenvalue weighted by Crippen LogP contribution is -2.48. The Morgan fingerprint density at radius 2 is 1.84 bits per heavy atom. The van der Waals surface area contributed by atoms with Crippen LogP contribution in [0.2, 0.25) is 0 Å². The molecular weight excluding hydrogens is 592 g/mol. The second kappa shape index (κ2) is 15.4. The van der Waals surface area contributed by atoms with Crippen molar-refractivity contribution in [3.05, 3.63) is 92.7 Å². The smallest absolute Gasteiger partial charge is 0.410 e. The molecule has 1 atom stereocenters. The van der Waals surface area contributed by atoms with Crippen LogP contribution in [0.25, 0.3) is 0 Å². The Balaban J connectivity index is 1.30. The van der Waals surface area contributed by atoms with E-state index in [-0.39, 0.29) is 42.3 Å². The molecule has 1 aliphatic heterocycles. The number of hydrogen-bond acceptors (Lipinski definition) is 9. The monoisotopic (exact) mass is 630 g/mol. The number of aliphatic hydroxyl groups excluding tert-OH is 1. The van der Waals surface area contributed by atoms with Crippen molar-refractivity contribution in [2.75, 3.05) is 46.4 Å². The van der Waals surface area contributed by atoms with E-state index >= 15 is 0 Å². The van der Waals surface area contributed by atoms with E-state index in [4.69, 9.17) is 4.74 Å². The molecular formula is C30H38N4O7S2. The number of nitro benzene ring substituents is 1. The fourth-order valence-electron chi connectivity index (χ4n) is 5.32. The molecule has 2 aromatic carbocycles. The number of benzene rings is 2. The van der Waals surface area contributed by atoms with Crippen LogP contribution in [0.5, 0.6) is 0 Å². The van der Waals surface area contributed by atoms with E-state index in [1.807, 2.05) is 5.38 Å². The normalized spacial score (nSPS) is 15.3. The molecule has 1 fully saturated rings. The molecule has 1 amide bonds. The Kier molecular flexibility index (Phi) is 11.7. The third-order valence-corrected chi connectivity index (χ3v) is 10.4.